The quantitative estimate of drug-likeness (QED) is 0.751. The highest BCUT2D eigenvalue weighted by molar-refractivity contribution is 9.10. The van der Waals surface area contributed by atoms with E-state index >= 15 is 0 Å². The zero-order valence-corrected chi connectivity index (χ0v) is 13.0. The summed E-state index contributed by atoms with van der Waals surface area (Å²) in [6.45, 7) is 5.19. The van der Waals surface area contributed by atoms with Crippen molar-refractivity contribution < 1.29 is 9.90 Å². The van der Waals surface area contributed by atoms with Gasteiger partial charge in [0.1, 0.15) is 0 Å². The van der Waals surface area contributed by atoms with Crippen molar-refractivity contribution in [2.75, 3.05) is 13.2 Å². The third kappa shape index (κ3) is 6.59. The second kappa shape index (κ2) is 7.50. The number of halogens is 1. The van der Waals surface area contributed by atoms with E-state index in [4.69, 9.17) is 5.11 Å². The van der Waals surface area contributed by atoms with E-state index in [-0.39, 0.29) is 18.1 Å². The standard InChI is InChI=1S/C14H21BrN2O2/c1-14(2,6-7-18)10-17-13(19)16-9-11-4-3-5-12(15)8-11/h3-5,8,18H,6-7,9-10H2,1-2H3,(H2,16,17,19). The molecule has 0 aliphatic carbocycles. The zero-order valence-electron chi connectivity index (χ0n) is 11.4. The molecule has 0 saturated heterocycles. The molecule has 0 saturated carbocycles. The smallest absolute Gasteiger partial charge is 0.315 e. The predicted molar refractivity (Wildman–Crippen MR) is 79.9 cm³/mol. The number of aliphatic hydroxyl groups excluding tert-OH is 1. The van der Waals surface area contributed by atoms with Gasteiger partial charge in [-0.25, -0.2) is 4.79 Å². The number of hydrogen-bond acceptors (Lipinski definition) is 2. The Morgan fingerprint density at radius 1 is 1.37 bits per heavy atom. The maximum atomic E-state index is 11.7. The third-order valence-corrected chi connectivity index (χ3v) is 3.35. The minimum Gasteiger partial charge on any atom is -0.396 e. The van der Waals surface area contributed by atoms with Crippen molar-refractivity contribution in [1.29, 1.82) is 0 Å². The van der Waals surface area contributed by atoms with Crippen molar-refractivity contribution in [2.24, 2.45) is 5.41 Å². The minimum absolute atomic E-state index is 0.0954. The van der Waals surface area contributed by atoms with Crippen LogP contribution in [0.15, 0.2) is 28.7 Å². The maximum absolute atomic E-state index is 11.7. The van der Waals surface area contributed by atoms with E-state index in [1.54, 1.807) is 0 Å². The van der Waals surface area contributed by atoms with Gasteiger partial charge in [0.15, 0.2) is 0 Å². The normalized spacial score (nSPS) is 11.2. The Morgan fingerprint density at radius 2 is 2.11 bits per heavy atom. The number of nitrogens with one attached hydrogen (secondary N) is 2. The average Bonchev–Trinajstić information content (AvgIpc) is 2.34. The molecule has 0 atom stereocenters. The maximum Gasteiger partial charge on any atom is 0.315 e. The topological polar surface area (TPSA) is 61.4 Å². The van der Waals surface area contributed by atoms with E-state index in [9.17, 15) is 4.79 Å². The highest BCUT2D eigenvalue weighted by Crippen LogP contribution is 2.17. The van der Waals surface area contributed by atoms with Crippen LogP contribution >= 0.6 is 15.9 Å². The van der Waals surface area contributed by atoms with Crippen molar-refractivity contribution >= 4 is 22.0 Å². The predicted octanol–water partition coefficient (Wildman–Crippen LogP) is 2.66. The fourth-order valence-corrected chi connectivity index (χ4v) is 2.05. The van der Waals surface area contributed by atoms with E-state index in [0.29, 0.717) is 19.5 Å². The molecular weight excluding hydrogens is 308 g/mol. The molecule has 0 spiro atoms. The number of hydrogen-bond donors (Lipinski definition) is 3. The summed E-state index contributed by atoms with van der Waals surface area (Å²) in [4.78, 5) is 11.7. The Labute approximate surface area is 122 Å². The number of carbonyl (C=O) groups excluding carboxylic acids is 1. The van der Waals surface area contributed by atoms with Gasteiger partial charge in [-0.3, -0.25) is 0 Å². The van der Waals surface area contributed by atoms with Crippen LogP contribution in [0.4, 0.5) is 4.79 Å². The first kappa shape index (κ1) is 16.0. The van der Waals surface area contributed by atoms with Gasteiger partial charge in [0.05, 0.1) is 0 Å². The molecule has 3 N–H and O–H groups in total. The van der Waals surface area contributed by atoms with Gasteiger partial charge in [-0.1, -0.05) is 41.9 Å². The van der Waals surface area contributed by atoms with Crippen LogP contribution in [-0.4, -0.2) is 24.3 Å². The third-order valence-electron chi connectivity index (χ3n) is 2.86. The molecule has 1 rings (SSSR count). The number of urea groups is 1. The molecule has 0 aromatic heterocycles. The number of amides is 2. The van der Waals surface area contributed by atoms with Crippen molar-refractivity contribution in [3.63, 3.8) is 0 Å². The number of rotatable bonds is 6. The first-order valence-corrected chi connectivity index (χ1v) is 7.09. The lowest BCUT2D eigenvalue weighted by Crippen LogP contribution is -2.40. The SMILES string of the molecule is CC(C)(CCO)CNC(=O)NCc1cccc(Br)c1. The zero-order chi connectivity index (χ0) is 14.3. The van der Waals surface area contributed by atoms with E-state index in [1.165, 1.54) is 0 Å². The first-order valence-electron chi connectivity index (χ1n) is 6.30. The molecule has 1 aromatic rings. The van der Waals surface area contributed by atoms with Gasteiger partial charge in [-0.2, -0.15) is 0 Å². The van der Waals surface area contributed by atoms with Crippen LogP contribution in [0.3, 0.4) is 0 Å². The molecule has 0 aliphatic rings. The summed E-state index contributed by atoms with van der Waals surface area (Å²) in [5.41, 5.74) is 0.946. The highest BCUT2D eigenvalue weighted by atomic mass is 79.9. The van der Waals surface area contributed by atoms with Crippen molar-refractivity contribution in [2.45, 2.75) is 26.8 Å². The molecule has 106 valence electrons. The molecule has 0 radical (unpaired) electrons. The molecule has 0 heterocycles. The van der Waals surface area contributed by atoms with E-state index in [1.807, 2.05) is 38.1 Å². The van der Waals surface area contributed by atoms with E-state index < -0.39 is 0 Å². The first-order chi connectivity index (χ1) is 8.93. The van der Waals surface area contributed by atoms with Crippen LogP contribution in [0.1, 0.15) is 25.8 Å². The molecule has 2 amide bonds. The molecule has 0 bridgehead atoms. The highest BCUT2D eigenvalue weighted by Gasteiger charge is 2.17. The van der Waals surface area contributed by atoms with Crippen LogP contribution in [0, 0.1) is 5.41 Å². The second-order valence-corrected chi connectivity index (χ2v) is 6.22. The van der Waals surface area contributed by atoms with Gasteiger partial charge in [0.25, 0.3) is 0 Å². The summed E-state index contributed by atoms with van der Waals surface area (Å²) < 4.78 is 0.997. The minimum atomic E-state index is -0.189. The van der Waals surface area contributed by atoms with Gasteiger partial charge in [-0.05, 0) is 29.5 Å². The average molecular weight is 329 g/mol. The van der Waals surface area contributed by atoms with Gasteiger partial charge < -0.3 is 15.7 Å². The van der Waals surface area contributed by atoms with Gasteiger partial charge in [-0.15, -0.1) is 0 Å². The van der Waals surface area contributed by atoms with E-state index in [2.05, 4.69) is 26.6 Å². The summed E-state index contributed by atoms with van der Waals surface area (Å²) >= 11 is 3.39. The van der Waals surface area contributed by atoms with Crippen LogP contribution in [0.5, 0.6) is 0 Å². The Balaban J connectivity index is 2.32. The molecule has 1 aromatic carbocycles. The van der Waals surface area contributed by atoms with Gasteiger partial charge in [0, 0.05) is 24.2 Å². The summed E-state index contributed by atoms with van der Waals surface area (Å²) in [6.07, 6.45) is 0.666. The number of carbonyl (C=O) groups is 1. The lowest BCUT2D eigenvalue weighted by Gasteiger charge is -2.23. The monoisotopic (exact) mass is 328 g/mol. The van der Waals surface area contributed by atoms with Gasteiger partial charge >= 0.3 is 6.03 Å². The lowest BCUT2D eigenvalue weighted by molar-refractivity contribution is 0.201. The molecule has 4 nitrogen and oxygen atoms in total. The van der Waals surface area contributed by atoms with Crippen LogP contribution < -0.4 is 10.6 Å². The lowest BCUT2D eigenvalue weighted by atomic mass is 9.90. The largest absolute Gasteiger partial charge is 0.396 e. The van der Waals surface area contributed by atoms with Crippen LogP contribution in [0.2, 0.25) is 0 Å². The number of aliphatic hydroxyl groups is 1. The molecule has 0 aliphatic heterocycles. The van der Waals surface area contributed by atoms with Crippen LogP contribution in [-0.2, 0) is 6.54 Å². The Morgan fingerprint density at radius 3 is 2.74 bits per heavy atom. The van der Waals surface area contributed by atoms with Crippen molar-refractivity contribution in [3.05, 3.63) is 34.3 Å². The van der Waals surface area contributed by atoms with E-state index in [0.717, 1.165) is 10.0 Å². The molecule has 5 heteroatoms. The molecule has 0 unspecified atom stereocenters. The van der Waals surface area contributed by atoms with Crippen molar-refractivity contribution in [3.8, 4) is 0 Å². The molecular formula is C14H21BrN2O2. The fourth-order valence-electron chi connectivity index (χ4n) is 1.60. The number of benzene rings is 1. The summed E-state index contributed by atoms with van der Waals surface area (Å²) in [5.74, 6) is 0. The fraction of sp³-hybridized carbons (Fsp3) is 0.500. The summed E-state index contributed by atoms with van der Waals surface area (Å²) in [5, 5.41) is 14.5. The van der Waals surface area contributed by atoms with Gasteiger partial charge in [0.2, 0.25) is 0 Å². The second-order valence-electron chi connectivity index (χ2n) is 5.30. The summed E-state index contributed by atoms with van der Waals surface area (Å²) in [7, 11) is 0. The Hall–Kier alpha value is -1.07. The summed E-state index contributed by atoms with van der Waals surface area (Å²) in [6, 6.07) is 7.62. The Bertz CT molecular complexity index is 422. The van der Waals surface area contributed by atoms with Crippen molar-refractivity contribution in [1.82, 2.24) is 10.6 Å². The molecule has 19 heavy (non-hydrogen) atoms. The Kier molecular flexibility index (Phi) is 6.31. The molecule has 0 fully saturated rings. The van der Waals surface area contributed by atoms with Crippen LogP contribution in [0.25, 0.3) is 0 Å².